The molecule has 1 heterocycles. The molecular weight excluding hydrogens is 412 g/mol. The maximum atomic E-state index is 12.1. The van der Waals surface area contributed by atoms with Gasteiger partial charge in [-0.3, -0.25) is 10.1 Å². The third-order valence-electron chi connectivity index (χ3n) is 4.04. The number of aromatic nitrogens is 2. The van der Waals surface area contributed by atoms with Crippen molar-refractivity contribution in [1.82, 2.24) is 20.2 Å². The van der Waals surface area contributed by atoms with E-state index in [1.807, 2.05) is 47.0 Å². The highest BCUT2D eigenvalue weighted by molar-refractivity contribution is 7.99. The molecule has 0 fully saturated rings. The van der Waals surface area contributed by atoms with E-state index in [4.69, 9.17) is 16.3 Å². The van der Waals surface area contributed by atoms with Gasteiger partial charge in [-0.25, -0.2) is 9.78 Å². The van der Waals surface area contributed by atoms with Crippen LogP contribution in [0, 0.1) is 0 Å². The Morgan fingerprint density at radius 2 is 2.00 bits per heavy atom. The van der Waals surface area contributed by atoms with Crippen molar-refractivity contribution in [3.8, 4) is 0 Å². The van der Waals surface area contributed by atoms with Gasteiger partial charge in [0.15, 0.2) is 5.16 Å². The SMILES string of the molecule is COCCNC(=O)NC(=O)CSc1nc2cc(Cl)ccc2n1Cc1ccccc1. The number of nitrogens with zero attached hydrogens (tertiary/aromatic N) is 2. The molecule has 0 aliphatic heterocycles. The molecule has 0 spiro atoms. The van der Waals surface area contributed by atoms with E-state index in [2.05, 4.69) is 15.6 Å². The fourth-order valence-electron chi connectivity index (χ4n) is 2.71. The number of hydrogen-bond donors (Lipinski definition) is 2. The third-order valence-corrected chi connectivity index (χ3v) is 5.25. The van der Waals surface area contributed by atoms with Crippen LogP contribution in [0.5, 0.6) is 0 Å². The Hall–Kier alpha value is -2.55. The molecule has 3 amide bonds. The smallest absolute Gasteiger partial charge is 0.321 e. The van der Waals surface area contributed by atoms with Gasteiger partial charge in [-0.15, -0.1) is 0 Å². The summed E-state index contributed by atoms with van der Waals surface area (Å²) in [5.41, 5.74) is 2.80. The van der Waals surface area contributed by atoms with Crippen molar-refractivity contribution in [3.05, 3.63) is 59.1 Å². The van der Waals surface area contributed by atoms with Crippen molar-refractivity contribution in [1.29, 1.82) is 0 Å². The first-order valence-corrected chi connectivity index (χ1v) is 10.3. The number of carbonyl (C=O) groups excluding carboxylic acids is 2. The number of rotatable bonds is 8. The van der Waals surface area contributed by atoms with Crippen LogP contribution in [0.25, 0.3) is 11.0 Å². The zero-order chi connectivity index (χ0) is 20.6. The van der Waals surface area contributed by atoms with Gasteiger partial charge in [-0.2, -0.15) is 0 Å². The number of ether oxygens (including phenoxy) is 1. The van der Waals surface area contributed by atoms with Crippen LogP contribution in [-0.2, 0) is 16.1 Å². The predicted molar refractivity (Wildman–Crippen MR) is 114 cm³/mol. The van der Waals surface area contributed by atoms with E-state index >= 15 is 0 Å². The number of imidazole rings is 1. The summed E-state index contributed by atoms with van der Waals surface area (Å²) >= 11 is 7.37. The first-order chi connectivity index (χ1) is 14.1. The Kier molecular flexibility index (Phi) is 7.51. The van der Waals surface area contributed by atoms with Crippen LogP contribution >= 0.6 is 23.4 Å². The minimum atomic E-state index is -0.544. The number of thioether (sulfide) groups is 1. The monoisotopic (exact) mass is 432 g/mol. The summed E-state index contributed by atoms with van der Waals surface area (Å²) in [5, 5.41) is 6.12. The lowest BCUT2D eigenvalue weighted by Crippen LogP contribution is -2.41. The van der Waals surface area contributed by atoms with Crippen molar-refractivity contribution in [3.63, 3.8) is 0 Å². The highest BCUT2D eigenvalue weighted by Crippen LogP contribution is 2.27. The topological polar surface area (TPSA) is 85.2 Å². The molecule has 0 atom stereocenters. The van der Waals surface area contributed by atoms with Gasteiger partial charge in [-0.05, 0) is 23.8 Å². The van der Waals surface area contributed by atoms with Gasteiger partial charge < -0.3 is 14.6 Å². The number of halogens is 1. The molecule has 7 nitrogen and oxygen atoms in total. The number of imide groups is 1. The number of carbonyl (C=O) groups is 2. The molecule has 2 N–H and O–H groups in total. The van der Waals surface area contributed by atoms with Crippen LogP contribution in [0.15, 0.2) is 53.7 Å². The summed E-state index contributed by atoms with van der Waals surface area (Å²) in [5.74, 6) is -0.343. The zero-order valence-electron chi connectivity index (χ0n) is 15.9. The maximum absolute atomic E-state index is 12.1. The summed E-state index contributed by atoms with van der Waals surface area (Å²) in [6.07, 6.45) is 0. The van der Waals surface area contributed by atoms with Crippen LogP contribution in [0.4, 0.5) is 4.79 Å². The molecular formula is C20H21ClN4O3S. The van der Waals surface area contributed by atoms with Gasteiger partial charge >= 0.3 is 6.03 Å². The van der Waals surface area contributed by atoms with Crippen molar-refractivity contribution in [2.75, 3.05) is 26.0 Å². The molecule has 0 saturated heterocycles. The minimum absolute atomic E-state index is 0.0591. The van der Waals surface area contributed by atoms with Crippen LogP contribution in [0.1, 0.15) is 5.56 Å². The average Bonchev–Trinajstić information content (AvgIpc) is 3.04. The normalized spacial score (nSPS) is 10.8. The molecule has 0 unspecified atom stereocenters. The number of amides is 3. The summed E-state index contributed by atoms with van der Waals surface area (Å²) in [6, 6.07) is 15.0. The van der Waals surface area contributed by atoms with Gasteiger partial charge in [0.2, 0.25) is 5.91 Å². The lowest BCUT2D eigenvalue weighted by molar-refractivity contribution is -0.117. The molecule has 1 aromatic heterocycles. The number of nitrogens with one attached hydrogen (secondary N) is 2. The molecule has 0 saturated carbocycles. The Bertz CT molecular complexity index is 994. The molecule has 0 aliphatic rings. The average molecular weight is 433 g/mol. The van der Waals surface area contributed by atoms with E-state index in [9.17, 15) is 9.59 Å². The molecule has 2 aromatic carbocycles. The van der Waals surface area contributed by atoms with Gasteiger partial charge in [-0.1, -0.05) is 53.7 Å². The van der Waals surface area contributed by atoms with Crippen molar-refractivity contribution in [2.24, 2.45) is 0 Å². The zero-order valence-corrected chi connectivity index (χ0v) is 17.4. The van der Waals surface area contributed by atoms with Crippen molar-refractivity contribution < 1.29 is 14.3 Å². The lowest BCUT2D eigenvalue weighted by atomic mass is 10.2. The first-order valence-electron chi connectivity index (χ1n) is 8.96. The lowest BCUT2D eigenvalue weighted by Gasteiger charge is -2.09. The van der Waals surface area contributed by atoms with E-state index in [0.29, 0.717) is 29.9 Å². The second-order valence-corrected chi connectivity index (χ2v) is 7.56. The first kappa shape index (κ1) is 21.2. The van der Waals surface area contributed by atoms with Crippen molar-refractivity contribution >= 4 is 46.3 Å². The third kappa shape index (κ3) is 5.96. The van der Waals surface area contributed by atoms with Crippen molar-refractivity contribution in [2.45, 2.75) is 11.7 Å². The Morgan fingerprint density at radius 3 is 2.76 bits per heavy atom. The summed E-state index contributed by atoms with van der Waals surface area (Å²) in [4.78, 5) is 28.4. The van der Waals surface area contributed by atoms with E-state index in [1.165, 1.54) is 18.9 Å². The summed E-state index contributed by atoms with van der Waals surface area (Å²) in [7, 11) is 1.54. The molecule has 152 valence electrons. The number of fused-ring (bicyclic) bond motifs is 1. The Morgan fingerprint density at radius 1 is 1.21 bits per heavy atom. The molecule has 0 radical (unpaired) electrons. The van der Waals surface area contributed by atoms with Gasteiger partial charge in [0.1, 0.15) is 0 Å². The van der Waals surface area contributed by atoms with Crippen LogP contribution in [-0.4, -0.2) is 47.5 Å². The maximum Gasteiger partial charge on any atom is 0.321 e. The second-order valence-electron chi connectivity index (χ2n) is 6.18. The fourth-order valence-corrected chi connectivity index (χ4v) is 3.69. The molecule has 0 bridgehead atoms. The standard InChI is InChI=1S/C20H21ClN4O3S/c1-28-10-9-22-19(27)24-18(26)13-29-20-23-16-11-15(21)7-8-17(16)25(20)12-14-5-3-2-4-6-14/h2-8,11H,9-10,12-13H2,1H3,(H2,22,24,26,27). The van der Waals surface area contributed by atoms with Gasteiger partial charge in [0, 0.05) is 18.7 Å². The summed E-state index contributed by atoms with van der Waals surface area (Å²) < 4.78 is 6.89. The minimum Gasteiger partial charge on any atom is -0.383 e. The van der Waals surface area contributed by atoms with E-state index < -0.39 is 11.9 Å². The quantitative estimate of drug-likeness (QED) is 0.421. The van der Waals surface area contributed by atoms with Crippen LogP contribution < -0.4 is 10.6 Å². The van der Waals surface area contributed by atoms with E-state index in [0.717, 1.165) is 16.6 Å². The fraction of sp³-hybridized carbons (Fsp3) is 0.250. The molecule has 3 rings (SSSR count). The number of benzene rings is 2. The molecule has 0 aliphatic carbocycles. The Labute approximate surface area is 177 Å². The van der Waals surface area contributed by atoms with Crippen LogP contribution in [0.2, 0.25) is 5.02 Å². The highest BCUT2D eigenvalue weighted by Gasteiger charge is 2.15. The van der Waals surface area contributed by atoms with Gasteiger partial charge in [0.25, 0.3) is 0 Å². The molecule has 9 heteroatoms. The predicted octanol–water partition coefficient (Wildman–Crippen LogP) is 3.30. The second kappa shape index (κ2) is 10.3. The van der Waals surface area contributed by atoms with E-state index in [-0.39, 0.29) is 5.75 Å². The van der Waals surface area contributed by atoms with E-state index in [1.54, 1.807) is 6.07 Å². The molecule has 3 aromatic rings. The summed E-state index contributed by atoms with van der Waals surface area (Å²) in [6.45, 7) is 1.32. The molecule has 29 heavy (non-hydrogen) atoms. The number of urea groups is 1. The largest absolute Gasteiger partial charge is 0.383 e. The van der Waals surface area contributed by atoms with Crippen LogP contribution in [0.3, 0.4) is 0 Å². The number of methoxy groups -OCH3 is 1. The van der Waals surface area contributed by atoms with Gasteiger partial charge in [0.05, 0.1) is 29.9 Å². The highest BCUT2D eigenvalue weighted by atomic mass is 35.5. The number of hydrogen-bond acceptors (Lipinski definition) is 5. The Balaban J connectivity index is 1.72.